The second-order valence-corrected chi connectivity index (χ2v) is 5.38. The lowest BCUT2D eigenvalue weighted by Crippen LogP contribution is -2.27. The largest absolute Gasteiger partial charge is 0.394 e. The smallest absolute Gasteiger partial charge is 0.271 e. The molecule has 1 amide bonds. The van der Waals surface area contributed by atoms with Crippen LogP contribution in [0.25, 0.3) is 0 Å². The van der Waals surface area contributed by atoms with Crippen LogP contribution in [0.4, 0.5) is 17.1 Å². The number of anilines is 2. The van der Waals surface area contributed by atoms with Crippen molar-refractivity contribution >= 4 is 23.0 Å². The van der Waals surface area contributed by atoms with Gasteiger partial charge in [-0.3, -0.25) is 14.9 Å². The number of amides is 1. The lowest BCUT2D eigenvalue weighted by molar-refractivity contribution is -0.384. The van der Waals surface area contributed by atoms with Crippen LogP contribution in [0, 0.1) is 10.1 Å². The number of hydrogen-bond donors (Lipinski definition) is 3. The van der Waals surface area contributed by atoms with E-state index in [1.54, 1.807) is 0 Å². The fourth-order valence-electron chi connectivity index (χ4n) is 2.34. The molecule has 0 spiro atoms. The van der Waals surface area contributed by atoms with E-state index in [1.165, 1.54) is 25.1 Å². The van der Waals surface area contributed by atoms with E-state index in [1.807, 2.05) is 30.3 Å². The highest BCUT2D eigenvalue weighted by Gasteiger charge is 2.15. The van der Waals surface area contributed by atoms with Crippen LogP contribution in [0.2, 0.25) is 0 Å². The van der Waals surface area contributed by atoms with Crippen LogP contribution < -0.4 is 10.6 Å². The first-order chi connectivity index (χ1) is 11.5. The lowest BCUT2D eigenvalue weighted by atomic mass is 10.1. The maximum absolute atomic E-state index is 11.3. The summed E-state index contributed by atoms with van der Waals surface area (Å²) in [6, 6.07) is 13.5. The normalized spacial score (nSPS) is 11.6. The van der Waals surface area contributed by atoms with E-state index in [0.29, 0.717) is 17.8 Å². The molecule has 1 unspecified atom stereocenters. The highest BCUT2D eigenvalue weighted by molar-refractivity contribution is 5.93. The van der Waals surface area contributed by atoms with Crippen molar-refractivity contribution in [3.8, 4) is 0 Å². The Morgan fingerprint density at radius 2 is 1.92 bits per heavy atom. The standard InChI is InChI=1S/C17H19N3O4/c1-12(22)18-17-10-15(20(23)24)7-8-16(17)19-14(11-21)9-13-5-3-2-4-6-13/h2-8,10,14,19,21H,9,11H2,1H3,(H,18,22). The van der Waals surface area contributed by atoms with E-state index in [0.717, 1.165) is 5.56 Å². The van der Waals surface area contributed by atoms with E-state index in [2.05, 4.69) is 10.6 Å². The molecule has 0 saturated heterocycles. The van der Waals surface area contributed by atoms with E-state index >= 15 is 0 Å². The van der Waals surface area contributed by atoms with Crippen LogP contribution in [0.15, 0.2) is 48.5 Å². The number of aliphatic hydroxyl groups excluding tert-OH is 1. The number of nitro groups is 1. The molecule has 0 aliphatic carbocycles. The second kappa shape index (κ2) is 8.07. The number of carbonyl (C=O) groups is 1. The summed E-state index contributed by atoms with van der Waals surface area (Å²) in [6.07, 6.45) is 0.577. The third-order valence-electron chi connectivity index (χ3n) is 3.43. The molecular formula is C17H19N3O4. The Hall–Kier alpha value is -2.93. The van der Waals surface area contributed by atoms with Gasteiger partial charge in [0.15, 0.2) is 0 Å². The van der Waals surface area contributed by atoms with Crippen molar-refractivity contribution in [2.24, 2.45) is 0 Å². The molecule has 2 rings (SSSR count). The van der Waals surface area contributed by atoms with Gasteiger partial charge in [0.2, 0.25) is 5.91 Å². The summed E-state index contributed by atoms with van der Waals surface area (Å²) in [7, 11) is 0. The molecule has 0 aliphatic heterocycles. The summed E-state index contributed by atoms with van der Waals surface area (Å²) < 4.78 is 0. The molecule has 7 nitrogen and oxygen atoms in total. The van der Waals surface area contributed by atoms with Gasteiger partial charge >= 0.3 is 0 Å². The Morgan fingerprint density at radius 3 is 2.50 bits per heavy atom. The third-order valence-corrected chi connectivity index (χ3v) is 3.43. The summed E-state index contributed by atoms with van der Waals surface area (Å²) in [6.45, 7) is 1.21. The number of carbonyl (C=O) groups excluding carboxylic acids is 1. The molecular weight excluding hydrogens is 310 g/mol. The first-order valence-corrected chi connectivity index (χ1v) is 7.47. The molecule has 0 radical (unpaired) electrons. The van der Waals surface area contributed by atoms with E-state index < -0.39 is 4.92 Å². The summed E-state index contributed by atoms with van der Waals surface area (Å²) in [5.74, 6) is -0.331. The molecule has 0 aliphatic rings. The first kappa shape index (κ1) is 17.4. The number of non-ortho nitro benzene ring substituents is 1. The predicted octanol–water partition coefficient (Wildman–Crippen LogP) is 2.57. The zero-order valence-corrected chi connectivity index (χ0v) is 13.2. The molecule has 7 heteroatoms. The Morgan fingerprint density at radius 1 is 1.21 bits per heavy atom. The van der Waals surface area contributed by atoms with Crippen molar-refractivity contribution in [3.63, 3.8) is 0 Å². The van der Waals surface area contributed by atoms with Gasteiger partial charge in [-0.05, 0) is 18.1 Å². The molecule has 0 aromatic heterocycles. The minimum absolute atomic E-state index is 0.118. The highest BCUT2D eigenvalue weighted by Crippen LogP contribution is 2.28. The summed E-state index contributed by atoms with van der Waals surface area (Å²) >= 11 is 0. The van der Waals surface area contributed by atoms with Gasteiger partial charge in [0.05, 0.1) is 28.9 Å². The van der Waals surface area contributed by atoms with Crippen molar-refractivity contribution in [3.05, 3.63) is 64.2 Å². The second-order valence-electron chi connectivity index (χ2n) is 5.38. The van der Waals surface area contributed by atoms with Crippen LogP contribution in [0.1, 0.15) is 12.5 Å². The van der Waals surface area contributed by atoms with E-state index in [9.17, 15) is 20.0 Å². The van der Waals surface area contributed by atoms with Crippen molar-refractivity contribution in [2.45, 2.75) is 19.4 Å². The summed E-state index contributed by atoms with van der Waals surface area (Å²) in [5, 5.41) is 26.2. The number of hydrogen-bond acceptors (Lipinski definition) is 5. The van der Waals surface area contributed by atoms with Gasteiger partial charge < -0.3 is 15.7 Å². The number of nitrogens with zero attached hydrogens (tertiary/aromatic N) is 1. The van der Waals surface area contributed by atoms with Crippen LogP contribution in [-0.4, -0.2) is 28.6 Å². The molecule has 2 aromatic carbocycles. The predicted molar refractivity (Wildman–Crippen MR) is 92.0 cm³/mol. The lowest BCUT2D eigenvalue weighted by Gasteiger charge is -2.20. The summed E-state index contributed by atoms with van der Waals surface area (Å²) in [5.41, 5.74) is 1.76. The topological polar surface area (TPSA) is 104 Å². The van der Waals surface area contributed by atoms with Crippen molar-refractivity contribution in [1.29, 1.82) is 0 Å². The highest BCUT2D eigenvalue weighted by atomic mass is 16.6. The van der Waals surface area contributed by atoms with Gasteiger partial charge in [0.25, 0.3) is 5.69 Å². The molecule has 126 valence electrons. The van der Waals surface area contributed by atoms with Crippen molar-refractivity contribution < 1.29 is 14.8 Å². The number of benzene rings is 2. The SMILES string of the molecule is CC(=O)Nc1cc([N+](=O)[O-])ccc1NC(CO)Cc1ccccc1. The Labute approximate surface area is 139 Å². The van der Waals surface area contributed by atoms with Gasteiger partial charge in [-0.1, -0.05) is 30.3 Å². The number of nitro benzene ring substituents is 1. The molecule has 0 fully saturated rings. The fraction of sp³-hybridized carbons (Fsp3) is 0.235. The van der Waals surface area contributed by atoms with Crippen LogP contribution in [-0.2, 0) is 11.2 Å². The maximum Gasteiger partial charge on any atom is 0.271 e. The molecule has 0 heterocycles. The number of aliphatic hydroxyl groups is 1. The molecule has 1 atom stereocenters. The minimum Gasteiger partial charge on any atom is -0.394 e. The Bertz CT molecular complexity index is 719. The molecule has 2 aromatic rings. The Kier molecular flexibility index (Phi) is 5.86. The maximum atomic E-state index is 11.3. The Balaban J connectivity index is 2.22. The van der Waals surface area contributed by atoms with Gasteiger partial charge in [-0.15, -0.1) is 0 Å². The van der Waals surface area contributed by atoms with Gasteiger partial charge in [-0.25, -0.2) is 0 Å². The number of nitrogens with one attached hydrogen (secondary N) is 2. The van der Waals surface area contributed by atoms with E-state index in [4.69, 9.17) is 0 Å². The van der Waals surface area contributed by atoms with Crippen molar-refractivity contribution in [1.82, 2.24) is 0 Å². The molecule has 3 N–H and O–H groups in total. The quantitative estimate of drug-likeness (QED) is 0.535. The molecule has 0 saturated carbocycles. The average Bonchev–Trinajstić information content (AvgIpc) is 2.56. The zero-order chi connectivity index (χ0) is 17.5. The van der Waals surface area contributed by atoms with Gasteiger partial charge in [0, 0.05) is 19.1 Å². The third kappa shape index (κ3) is 4.79. The van der Waals surface area contributed by atoms with E-state index in [-0.39, 0.29) is 24.2 Å². The van der Waals surface area contributed by atoms with Crippen LogP contribution >= 0.6 is 0 Å². The molecule has 24 heavy (non-hydrogen) atoms. The van der Waals surface area contributed by atoms with Crippen molar-refractivity contribution in [2.75, 3.05) is 17.2 Å². The minimum atomic E-state index is -0.525. The number of rotatable bonds is 7. The monoisotopic (exact) mass is 329 g/mol. The summed E-state index contributed by atoms with van der Waals surface area (Å²) in [4.78, 5) is 21.7. The zero-order valence-electron chi connectivity index (χ0n) is 13.2. The van der Waals surface area contributed by atoms with Gasteiger partial charge in [-0.2, -0.15) is 0 Å². The first-order valence-electron chi connectivity index (χ1n) is 7.47. The van der Waals surface area contributed by atoms with Crippen LogP contribution in [0.5, 0.6) is 0 Å². The fourth-order valence-corrected chi connectivity index (χ4v) is 2.34. The van der Waals surface area contributed by atoms with Crippen LogP contribution in [0.3, 0.4) is 0 Å². The average molecular weight is 329 g/mol. The van der Waals surface area contributed by atoms with Gasteiger partial charge in [0.1, 0.15) is 0 Å². The molecule has 0 bridgehead atoms.